The molecule has 29 heteroatoms. The van der Waals surface area contributed by atoms with E-state index in [0.717, 1.165) is 41.7 Å². The molecule has 4 aliphatic rings. The molecule has 26 nitrogen and oxygen atoms in total. The molecule has 5 aromatic carbocycles. The van der Waals surface area contributed by atoms with Crippen molar-refractivity contribution in [3.8, 4) is 11.5 Å². The minimum Gasteiger partial charge on any atom is -0.479 e. The Hall–Kier alpha value is -10.8. The van der Waals surface area contributed by atoms with Crippen molar-refractivity contribution in [3.63, 3.8) is 0 Å². The highest BCUT2D eigenvalue weighted by molar-refractivity contribution is 6.06. The molecule has 8 amide bonds. The van der Waals surface area contributed by atoms with E-state index in [4.69, 9.17) is 47.6 Å². The highest BCUT2D eigenvalue weighted by atomic mass is 19.4. The number of halogens is 3. The van der Waals surface area contributed by atoms with Crippen LogP contribution in [0, 0.1) is 6.92 Å². The molecule has 2 saturated heterocycles. The zero-order chi connectivity index (χ0) is 80.0. The number of ether oxygens (including phenoxy) is 6. The van der Waals surface area contributed by atoms with Crippen LogP contribution in [0.1, 0.15) is 171 Å². The lowest BCUT2D eigenvalue weighted by Gasteiger charge is -2.43. The van der Waals surface area contributed by atoms with Crippen molar-refractivity contribution in [3.05, 3.63) is 154 Å². The van der Waals surface area contributed by atoms with Gasteiger partial charge in [0.25, 0.3) is 23.6 Å². The van der Waals surface area contributed by atoms with Crippen LogP contribution < -0.4 is 24.6 Å². The van der Waals surface area contributed by atoms with Gasteiger partial charge in [-0.1, -0.05) is 97.9 Å². The van der Waals surface area contributed by atoms with Crippen LogP contribution in [0.4, 0.5) is 43.7 Å². The van der Waals surface area contributed by atoms with Crippen molar-refractivity contribution in [2.45, 2.75) is 202 Å². The van der Waals surface area contributed by atoms with Gasteiger partial charge in [-0.2, -0.15) is 32.3 Å². The Morgan fingerprint density at radius 3 is 1.56 bits per heavy atom. The maximum absolute atomic E-state index is 14.7. The molecule has 2 unspecified atom stereocenters. The molecule has 4 atom stereocenters. The van der Waals surface area contributed by atoms with Gasteiger partial charge >= 0.3 is 42.9 Å². The van der Waals surface area contributed by atoms with E-state index in [2.05, 4.69) is 5.32 Å². The van der Waals surface area contributed by atoms with E-state index in [-0.39, 0.29) is 113 Å². The first-order valence-corrected chi connectivity index (χ1v) is 35.8. The van der Waals surface area contributed by atoms with E-state index in [0.29, 0.717) is 55.0 Å². The van der Waals surface area contributed by atoms with Crippen LogP contribution in [0.2, 0.25) is 0 Å². The molecule has 584 valence electrons. The molecule has 2 fully saturated rings. The van der Waals surface area contributed by atoms with Crippen LogP contribution in [0.3, 0.4) is 0 Å². The van der Waals surface area contributed by atoms with Crippen molar-refractivity contribution < 1.29 is 99.1 Å². The van der Waals surface area contributed by atoms with Crippen molar-refractivity contribution in [2.24, 2.45) is 0 Å². The second kappa shape index (κ2) is 38.7. The largest absolute Gasteiger partial charge is 0.479 e. The first-order valence-electron chi connectivity index (χ1n) is 35.8. The van der Waals surface area contributed by atoms with E-state index >= 15 is 0 Å². The predicted octanol–water partition coefficient (Wildman–Crippen LogP) is 12.8. The number of piperidine rings is 2. The molecule has 0 spiro atoms. The van der Waals surface area contributed by atoms with Crippen LogP contribution in [-0.4, -0.2) is 184 Å². The maximum Gasteiger partial charge on any atom is 0.417 e. The fraction of sp³-hybridized carbons (Fsp3) is 0.494. The van der Waals surface area contributed by atoms with Gasteiger partial charge in [0.1, 0.15) is 35.9 Å². The fourth-order valence-electron chi connectivity index (χ4n) is 12.8. The van der Waals surface area contributed by atoms with Gasteiger partial charge in [0.2, 0.25) is 0 Å². The number of carbonyl (C=O) groups excluding carboxylic acids is 12. The number of aryl methyl sites for hydroxylation is 1. The van der Waals surface area contributed by atoms with E-state index in [1.54, 1.807) is 99.6 Å². The Labute approximate surface area is 628 Å². The Balaban J connectivity index is 0.000000315. The van der Waals surface area contributed by atoms with E-state index in [1.165, 1.54) is 21.6 Å². The molecule has 9 rings (SSSR count). The predicted molar refractivity (Wildman–Crippen MR) is 389 cm³/mol. The summed E-state index contributed by atoms with van der Waals surface area (Å²) in [5, 5.41) is 2.58. The number of amides is 8. The molecule has 4 heterocycles. The third-order valence-corrected chi connectivity index (χ3v) is 17.9. The molecule has 0 bridgehead atoms. The smallest absolute Gasteiger partial charge is 0.417 e. The maximum atomic E-state index is 14.7. The Bertz CT molecular complexity index is 3980. The lowest BCUT2D eigenvalue weighted by Crippen LogP contribution is -2.56. The molecule has 108 heavy (non-hydrogen) atoms. The van der Waals surface area contributed by atoms with Crippen molar-refractivity contribution in [2.75, 3.05) is 62.2 Å². The lowest BCUT2D eigenvalue weighted by atomic mass is 9.94. The second-order valence-electron chi connectivity index (χ2n) is 29.1. The zero-order valence-corrected chi connectivity index (χ0v) is 63.8. The number of nitrogens with zero attached hydrogens (tertiary/aromatic N) is 7. The summed E-state index contributed by atoms with van der Waals surface area (Å²) in [6, 6.07) is 32.0. The number of carbonyl (C=O) groups is 8. The van der Waals surface area contributed by atoms with E-state index in [1.807, 2.05) is 113 Å². The van der Waals surface area contributed by atoms with Gasteiger partial charge in [0, 0.05) is 76.5 Å². The average Bonchev–Trinajstić information content (AvgIpc) is 0.744. The number of rotatable bonds is 19. The molecule has 0 radical (unpaired) electrons. The SMILES string of the molecule is CCC1(C)Oc2cc(C(F)(F)F)c(C(=O)N(C(C)C)[C@@H]3CCCN(C(=O)OC(C)(C)C)C3)cc2N(CCNC(=O)OCc2ccccc2)C1=O.Cc1cc2c(cc1C(=O)N(C(C)C)[C@@H]1CCCN(C(=O)OC(C)(C)C)C1)N(CCN(Cc1ccccc1)C(=O)OCc1ccccc1)C(=O)C(C)O2.O=C=O.O=C=O. The normalized spacial score (nSPS) is 17.5. The third kappa shape index (κ3) is 23.9. The van der Waals surface area contributed by atoms with E-state index < -0.39 is 82.4 Å². The molecule has 0 aliphatic carbocycles. The van der Waals surface area contributed by atoms with Crippen LogP contribution in [0.25, 0.3) is 0 Å². The summed E-state index contributed by atoms with van der Waals surface area (Å²) in [7, 11) is 0. The Morgan fingerprint density at radius 2 is 1.09 bits per heavy atom. The van der Waals surface area contributed by atoms with Crippen LogP contribution in [0.5, 0.6) is 11.5 Å². The van der Waals surface area contributed by atoms with Crippen molar-refractivity contribution in [1.82, 2.24) is 29.8 Å². The molecule has 4 aliphatic heterocycles. The van der Waals surface area contributed by atoms with Gasteiger partial charge in [-0.15, -0.1) is 0 Å². The highest BCUT2D eigenvalue weighted by Crippen LogP contribution is 2.46. The number of benzene rings is 5. The number of alkyl carbamates (subject to hydrolysis) is 1. The summed E-state index contributed by atoms with van der Waals surface area (Å²) in [6.07, 6.45) is -4.77. The number of hydrogen-bond donors (Lipinski definition) is 1. The lowest BCUT2D eigenvalue weighted by molar-refractivity contribution is -0.193. The number of alkyl halides is 3. The Morgan fingerprint density at radius 1 is 0.639 bits per heavy atom. The molecular weight excluding hydrogens is 1410 g/mol. The van der Waals surface area contributed by atoms with Crippen molar-refractivity contribution in [1.29, 1.82) is 0 Å². The van der Waals surface area contributed by atoms with E-state index in [9.17, 15) is 51.5 Å². The number of hydrogen-bond acceptors (Lipinski definition) is 18. The number of nitrogens with one attached hydrogen (secondary N) is 1. The minimum atomic E-state index is -4.94. The van der Waals surface area contributed by atoms with Crippen LogP contribution >= 0.6 is 0 Å². The standard InChI is InChI=1S/C41H52N4O7.C36H47F3N4O7.2CO2/c1-28(2)45(33-19-14-20-42(26-33)40(49)52-41(5,6)7)38(47)34-24-35-36(23-29(34)3)51-30(4)37(46)44(35)22-21-43(25-31-15-10-8-11-16-31)39(48)50-27-32-17-12-9-13-18-32;1-8-35(7)31(45)42(18-16-40-32(46)48-22-24-13-10-9-11-14-24)28-19-26(27(36(37,38)39)20-29(28)49-35)30(44)43(23(2)3)25-15-12-17-41(21-25)33(47)50-34(4,5)6;2*2-1-3/h8-13,15-18,23-24,28,30,33H,14,19-22,25-27H2,1-7H3;9-11,13-14,19-20,23,25H,8,12,15-18,21-22H2,1-7H3,(H,40,46);;/t30?,33-;25-,35?;;/m11../s1. The quantitative estimate of drug-likeness (QED) is 0.0751. The van der Waals surface area contributed by atoms with Gasteiger partial charge in [-0.25, -0.2) is 19.2 Å². The fourth-order valence-corrected chi connectivity index (χ4v) is 12.8. The number of anilines is 2. The summed E-state index contributed by atoms with van der Waals surface area (Å²) >= 11 is 0. The minimum absolute atomic E-state index is 0.0223. The van der Waals surface area contributed by atoms with Crippen LogP contribution in [0.15, 0.2) is 115 Å². The summed E-state index contributed by atoms with van der Waals surface area (Å²) in [6.45, 7) is 26.7. The number of fused-ring (bicyclic) bond motifs is 2. The summed E-state index contributed by atoms with van der Waals surface area (Å²) < 4.78 is 78.2. The monoisotopic (exact) mass is 1500 g/mol. The molecular formula is C79H99F3N8O18. The second-order valence-corrected chi connectivity index (χ2v) is 29.1. The number of likely N-dealkylation sites (tertiary alicyclic amines) is 2. The summed E-state index contributed by atoms with van der Waals surface area (Å²) in [5.74, 6) is -1.61. The molecule has 5 aromatic rings. The van der Waals surface area contributed by atoms with Gasteiger partial charge in [-0.3, -0.25) is 19.2 Å². The van der Waals surface area contributed by atoms with Crippen molar-refractivity contribution >= 4 is 71.7 Å². The van der Waals surface area contributed by atoms with Gasteiger partial charge < -0.3 is 68.0 Å². The first-order chi connectivity index (χ1) is 50.9. The topological polar surface area (TPSA) is 295 Å². The highest BCUT2D eigenvalue weighted by Gasteiger charge is 2.48. The third-order valence-electron chi connectivity index (χ3n) is 17.9. The van der Waals surface area contributed by atoms with Gasteiger partial charge in [0.15, 0.2) is 11.7 Å². The average molecular weight is 1510 g/mol. The summed E-state index contributed by atoms with van der Waals surface area (Å²) in [4.78, 5) is 151. The first kappa shape index (κ1) is 86.1. The molecule has 1 N–H and O–H groups in total. The summed E-state index contributed by atoms with van der Waals surface area (Å²) in [5.41, 5.74) is -0.561. The Kier molecular flexibility index (Phi) is 30.8. The molecule has 0 saturated carbocycles. The van der Waals surface area contributed by atoms with Gasteiger partial charge in [0.05, 0.1) is 34.6 Å². The van der Waals surface area contributed by atoms with Gasteiger partial charge in [-0.05, 0) is 169 Å². The zero-order valence-electron chi connectivity index (χ0n) is 63.8. The molecule has 0 aromatic heterocycles. The van der Waals surface area contributed by atoms with Crippen LogP contribution in [-0.2, 0) is 73.6 Å².